The molecule has 0 bridgehead atoms. The largest absolute Gasteiger partial charge is 0.508 e. The first-order valence-electron chi connectivity index (χ1n) is 5.54. The van der Waals surface area contributed by atoms with Crippen molar-refractivity contribution in [1.29, 1.82) is 5.53 Å². The number of phenolic OH excluding ortho intramolecular Hbond substituents is 2. The lowest BCUT2D eigenvalue weighted by atomic mass is 9.85. The van der Waals surface area contributed by atoms with Gasteiger partial charge in [-0.3, -0.25) is 0 Å². The van der Waals surface area contributed by atoms with E-state index in [0.717, 1.165) is 11.1 Å². The molecule has 0 fully saturated rings. The first kappa shape index (κ1) is 12.1. The number of aromatic hydroxyl groups is 2. The van der Waals surface area contributed by atoms with E-state index in [0.29, 0.717) is 0 Å². The van der Waals surface area contributed by atoms with Crippen molar-refractivity contribution in [3.63, 3.8) is 0 Å². The standard InChI is InChI=1S/C14H14N2O2/c1-14(16-15,10-2-6-12(17)7-3-10)11-4-8-13(18)9-5-11/h2-9,15,17-18H,1H3. The van der Waals surface area contributed by atoms with Crippen LogP contribution in [-0.2, 0) is 5.54 Å². The number of hydrogen-bond acceptors (Lipinski definition) is 4. The molecule has 2 aromatic carbocycles. The second kappa shape index (κ2) is 4.49. The van der Waals surface area contributed by atoms with Crippen molar-refractivity contribution in [3.05, 3.63) is 59.7 Å². The van der Waals surface area contributed by atoms with Gasteiger partial charge in [0.1, 0.15) is 17.0 Å². The van der Waals surface area contributed by atoms with Crippen LogP contribution in [0.25, 0.3) is 0 Å². The van der Waals surface area contributed by atoms with Crippen molar-refractivity contribution in [1.82, 2.24) is 0 Å². The van der Waals surface area contributed by atoms with E-state index in [1.54, 1.807) is 48.5 Å². The van der Waals surface area contributed by atoms with E-state index in [4.69, 9.17) is 5.53 Å². The SMILES string of the molecule is CC(N=N)(c1ccc(O)cc1)c1ccc(O)cc1. The van der Waals surface area contributed by atoms with E-state index in [-0.39, 0.29) is 11.5 Å². The van der Waals surface area contributed by atoms with Crippen molar-refractivity contribution >= 4 is 0 Å². The minimum Gasteiger partial charge on any atom is -0.508 e. The molecule has 0 spiro atoms. The minimum atomic E-state index is -0.818. The molecule has 0 aliphatic rings. The molecule has 92 valence electrons. The number of nitrogens with zero attached hydrogens (tertiary/aromatic N) is 1. The van der Waals surface area contributed by atoms with Crippen molar-refractivity contribution in [3.8, 4) is 11.5 Å². The molecule has 4 nitrogen and oxygen atoms in total. The van der Waals surface area contributed by atoms with Crippen LogP contribution in [0.2, 0.25) is 0 Å². The average molecular weight is 242 g/mol. The predicted octanol–water partition coefficient (Wildman–Crippen LogP) is 3.39. The van der Waals surface area contributed by atoms with Crippen molar-refractivity contribution < 1.29 is 10.2 Å². The Kier molecular flexibility index (Phi) is 3.02. The molecule has 3 N–H and O–H groups in total. The van der Waals surface area contributed by atoms with E-state index in [1.807, 2.05) is 6.92 Å². The third-order valence-corrected chi connectivity index (χ3v) is 3.08. The predicted molar refractivity (Wildman–Crippen MR) is 67.8 cm³/mol. The molecular weight excluding hydrogens is 228 g/mol. The van der Waals surface area contributed by atoms with E-state index in [9.17, 15) is 10.2 Å². The summed E-state index contributed by atoms with van der Waals surface area (Å²) in [5.74, 6) is 0.355. The van der Waals surface area contributed by atoms with Gasteiger partial charge in [0, 0.05) is 0 Å². The quantitative estimate of drug-likeness (QED) is 0.721. The fourth-order valence-corrected chi connectivity index (χ4v) is 1.87. The summed E-state index contributed by atoms with van der Waals surface area (Å²) in [6, 6.07) is 13.2. The van der Waals surface area contributed by atoms with Crippen LogP contribution in [0.1, 0.15) is 18.1 Å². The maximum Gasteiger partial charge on any atom is 0.128 e. The lowest BCUT2D eigenvalue weighted by Crippen LogP contribution is -2.19. The summed E-state index contributed by atoms with van der Waals surface area (Å²) in [4.78, 5) is 0. The molecule has 4 heteroatoms. The Balaban J connectivity index is 2.50. The molecule has 0 amide bonds. The zero-order valence-corrected chi connectivity index (χ0v) is 9.96. The summed E-state index contributed by atoms with van der Waals surface area (Å²) in [5, 5.41) is 22.3. The van der Waals surface area contributed by atoms with Gasteiger partial charge in [0.25, 0.3) is 0 Å². The molecule has 0 aliphatic heterocycles. The second-order valence-electron chi connectivity index (χ2n) is 4.28. The van der Waals surface area contributed by atoms with E-state index >= 15 is 0 Å². The van der Waals surface area contributed by atoms with Gasteiger partial charge >= 0.3 is 0 Å². The van der Waals surface area contributed by atoms with Crippen LogP contribution in [0, 0.1) is 5.53 Å². The highest BCUT2D eigenvalue weighted by Gasteiger charge is 2.28. The van der Waals surface area contributed by atoms with E-state index in [2.05, 4.69) is 5.11 Å². The van der Waals surface area contributed by atoms with Gasteiger partial charge in [-0.1, -0.05) is 24.3 Å². The monoisotopic (exact) mass is 242 g/mol. The van der Waals surface area contributed by atoms with Gasteiger partial charge in [-0.25, -0.2) is 5.53 Å². The maximum absolute atomic E-state index is 9.29. The second-order valence-corrected chi connectivity index (χ2v) is 4.28. The first-order valence-corrected chi connectivity index (χ1v) is 5.54. The molecule has 0 aromatic heterocycles. The van der Waals surface area contributed by atoms with Crippen LogP contribution in [-0.4, -0.2) is 10.2 Å². The zero-order chi connectivity index (χ0) is 13.2. The molecule has 0 atom stereocenters. The summed E-state index contributed by atoms with van der Waals surface area (Å²) < 4.78 is 0. The molecule has 18 heavy (non-hydrogen) atoms. The Morgan fingerprint density at radius 3 is 1.44 bits per heavy atom. The third kappa shape index (κ3) is 2.05. The zero-order valence-electron chi connectivity index (χ0n) is 9.96. The average Bonchev–Trinajstić information content (AvgIpc) is 2.39. The van der Waals surface area contributed by atoms with Crippen molar-refractivity contribution in [2.75, 3.05) is 0 Å². The summed E-state index contributed by atoms with van der Waals surface area (Å²) >= 11 is 0. The molecule has 0 saturated heterocycles. The van der Waals surface area contributed by atoms with Crippen LogP contribution < -0.4 is 0 Å². The fourth-order valence-electron chi connectivity index (χ4n) is 1.87. The third-order valence-electron chi connectivity index (χ3n) is 3.08. The van der Waals surface area contributed by atoms with E-state index < -0.39 is 5.54 Å². The Bertz CT molecular complexity index is 502. The maximum atomic E-state index is 9.29. The highest BCUT2D eigenvalue weighted by molar-refractivity contribution is 5.41. The minimum absolute atomic E-state index is 0.178. The van der Waals surface area contributed by atoms with Gasteiger partial charge in [0.2, 0.25) is 0 Å². The molecule has 0 aliphatic carbocycles. The lowest BCUT2D eigenvalue weighted by molar-refractivity contribution is 0.472. The summed E-state index contributed by atoms with van der Waals surface area (Å²) in [7, 11) is 0. The summed E-state index contributed by atoms with van der Waals surface area (Å²) in [6.07, 6.45) is 0. The number of hydrogen-bond donors (Lipinski definition) is 3. The number of phenols is 2. The Morgan fingerprint density at radius 2 is 1.17 bits per heavy atom. The fraction of sp³-hybridized carbons (Fsp3) is 0.143. The molecule has 2 rings (SSSR count). The van der Waals surface area contributed by atoms with E-state index in [1.165, 1.54) is 0 Å². The molecule has 2 aromatic rings. The Labute approximate surface area is 105 Å². The first-order chi connectivity index (χ1) is 8.56. The van der Waals surface area contributed by atoms with Crippen LogP contribution in [0.3, 0.4) is 0 Å². The van der Waals surface area contributed by atoms with Crippen molar-refractivity contribution in [2.45, 2.75) is 12.5 Å². The molecule has 0 unspecified atom stereocenters. The van der Waals surface area contributed by atoms with Gasteiger partial charge in [-0.2, -0.15) is 5.11 Å². The summed E-state index contributed by atoms with van der Waals surface area (Å²) in [6.45, 7) is 1.82. The van der Waals surface area contributed by atoms with Gasteiger partial charge in [0.15, 0.2) is 0 Å². The van der Waals surface area contributed by atoms with Gasteiger partial charge in [-0.15, -0.1) is 0 Å². The summed E-state index contributed by atoms with van der Waals surface area (Å²) in [5.41, 5.74) is 8.23. The number of rotatable bonds is 3. The molecule has 0 saturated carbocycles. The topological polar surface area (TPSA) is 76.7 Å². The highest BCUT2D eigenvalue weighted by Crippen LogP contribution is 2.34. The van der Waals surface area contributed by atoms with Crippen molar-refractivity contribution in [2.24, 2.45) is 5.11 Å². The van der Waals surface area contributed by atoms with Crippen LogP contribution in [0.4, 0.5) is 0 Å². The van der Waals surface area contributed by atoms with Crippen LogP contribution in [0.15, 0.2) is 53.6 Å². The molecule has 0 radical (unpaired) electrons. The van der Waals surface area contributed by atoms with Gasteiger partial charge in [0.05, 0.1) is 0 Å². The molecule has 0 heterocycles. The Morgan fingerprint density at radius 1 is 0.833 bits per heavy atom. The number of benzene rings is 2. The Hall–Kier alpha value is -2.36. The van der Waals surface area contributed by atoms with Gasteiger partial charge < -0.3 is 10.2 Å². The van der Waals surface area contributed by atoms with Gasteiger partial charge in [-0.05, 0) is 42.3 Å². The number of nitrogens with one attached hydrogen (secondary N) is 1. The molecular formula is C14H14N2O2. The van der Waals surface area contributed by atoms with Crippen LogP contribution in [0.5, 0.6) is 11.5 Å². The smallest absolute Gasteiger partial charge is 0.128 e. The van der Waals surface area contributed by atoms with Crippen LogP contribution >= 0.6 is 0 Å². The normalized spacial score (nSPS) is 11.2. The highest BCUT2D eigenvalue weighted by atomic mass is 16.3. The lowest BCUT2D eigenvalue weighted by Gasteiger charge is -2.24.